The van der Waals surface area contributed by atoms with Crippen molar-refractivity contribution in [1.29, 1.82) is 0 Å². The number of aromatic nitrogens is 2. The number of aryl methyl sites for hydroxylation is 1. The van der Waals surface area contributed by atoms with Gasteiger partial charge in [0.05, 0.1) is 6.26 Å². The lowest BCUT2D eigenvalue weighted by molar-refractivity contribution is 0.196. The highest BCUT2D eigenvalue weighted by atomic mass is 32.2. The van der Waals surface area contributed by atoms with Crippen molar-refractivity contribution in [3.05, 3.63) is 23.8 Å². The zero-order valence-electron chi connectivity index (χ0n) is 12.7. The fraction of sp³-hybridized carbons (Fsp3) is 0.733. The molecule has 0 spiro atoms. The molecule has 1 aliphatic heterocycles. The van der Waals surface area contributed by atoms with Crippen LogP contribution in [0.2, 0.25) is 0 Å². The van der Waals surface area contributed by atoms with Crippen molar-refractivity contribution >= 4 is 10.0 Å². The first-order valence-electron chi connectivity index (χ1n) is 7.66. The maximum Gasteiger partial charge on any atom is 0.211 e. The van der Waals surface area contributed by atoms with Gasteiger partial charge in [-0.1, -0.05) is 6.42 Å². The highest BCUT2D eigenvalue weighted by Gasteiger charge is 2.42. The molecule has 0 radical (unpaired) electrons. The van der Waals surface area contributed by atoms with E-state index in [1.54, 1.807) is 10.6 Å². The minimum atomic E-state index is -3.06. The Labute approximate surface area is 126 Å². The van der Waals surface area contributed by atoms with E-state index in [0.717, 1.165) is 24.2 Å². The second-order valence-electron chi connectivity index (χ2n) is 6.55. The van der Waals surface area contributed by atoms with E-state index in [1.807, 2.05) is 13.0 Å². The van der Waals surface area contributed by atoms with Crippen molar-refractivity contribution in [3.8, 4) is 0 Å². The van der Waals surface area contributed by atoms with E-state index < -0.39 is 10.0 Å². The zero-order chi connectivity index (χ0) is 15.0. The smallest absolute Gasteiger partial charge is 0.211 e. The summed E-state index contributed by atoms with van der Waals surface area (Å²) < 4.78 is 25.3. The first kappa shape index (κ1) is 14.9. The average Bonchev–Trinajstić information content (AvgIpc) is 2.84. The van der Waals surface area contributed by atoms with Gasteiger partial charge in [0.15, 0.2) is 0 Å². The molecular weight excluding hydrogens is 286 g/mol. The second-order valence-corrected chi connectivity index (χ2v) is 8.53. The molecule has 1 aromatic heterocycles. The molecule has 3 rings (SSSR count). The van der Waals surface area contributed by atoms with Crippen molar-refractivity contribution < 1.29 is 8.42 Å². The van der Waals surface area contributed by atoms with E-state index >= 15 is 0 Å². The zero-order valence-corrected chi connectivity index (χ0v) is 13.5. The van der Waals surface area contributed by atoms with E-state index in [-0.39, 0.29) is 0 Å². The molecule has 0 amide bonds. The van der Waals surface area contributed by atoms with Gasteiger partial charge >= 0.3 is 0 Å². The lowest BCUT2D eigenvalue weighted by Crippen LogP contribution is -2.30. The van der Waals surface area contributed by atoms with Gasteiger partial charge in [-0.25, -0.2) is 22.7 Å². The van der Waals surface area contributed by atoms with Crippen LogP contribution in [0.25, 0.3) is 0 Å². The van der Waals surface area contributed by atoms with Gasteiger partial charge in [0.25, 0.3) is 0 Å². The fourth-order valence-electron chi connectivity index (χ4n) is 3.97. The van der Waals surface area contributed by atoms with Crippen LogP contribution in [0.15, 0.2) is 12.4 Å². The number of rotatable bonds is 3. The van der Waals surface area contributed by atoms with Crippen molar-refractivity contribution in [2.75, 3.05) is 19.3 Å². The van der Waals surface area contributed by atoms with E-state index in [1.165, 1.54) is 19.1 Å². The first-order valence-corrected chi connectivity index (χ1v) is 9.51. The number of sulfonamides is 1. The monoisotopic (exact) mass is 309 g/mol. The van der Waals surface area contributed by atoms with Gasteiger partial charge in [-0.3, -0.25) is 0 Å². The van der Waals surface area contributed by atoms with E-state index in [0.29, 0.717) is 30.8 Å². The largest absolute Gasteiger partial charge is 0.242 e. The normalized spacial score (nSPS) is 30.3. The van der Waals surface area contributed by atoms with Gasteiger partial charge in [-0.15, -0.1) is 0 Å². The summed E-state index contributed by atoms with van der Waals surface area (Å²) in [6.07, 6.45) is 7.45. The van der Waals surface area contributed by atoms with Gasteiger partial charge in [0, 0.05) is 24.5 Å². The van der Waals surface area contributed by atoms with Crippen LogP contribution in [0.5, 0.6) is 0 Å². The van der Waals surface area contributed by atoms with Crippen molar-refractivity contribution in [2.24, 2.45) is 17.8 Å². The molecule has 1 saturated heterocycles. The van der Waals surface area contributed by atoms with Crippen LogP contribution in [0, 0.1) is 24.7 Å². The summed E-state index contributed by atoms with van der Waals surface area (Å²) in [5, 5.41) is 0. The van der Waals surface area contributed by atoms with Crippen LogP contribution in [0.4, 0.5) is 0 Å². The lowest BCUT2D eigenvalue weighted by Gasteiger charge is -2.32. The van der Waals surface area contributed by atoms with Crippen LogP contribution in [0.1, 0.15) is 30.7 Å². The second kappa shape index (κ2) is 5.65. The fourth-order valence-corrected chi connectivity index (χ4v) is 4.87. The van der Waals surface area contributed by atoms with Crippen LogP contribution in [-0.4, -0.2) is 42.0 Å². The molecule has 0 aromatic carbocycles. The Bertz CT molecular complexity index is 617. The molecule has 1 saturated carbocycles. The van der Waals surface area contributed by atoms with Gasteiger partial charge in [-0.05, 0) is 50.0 Å². The minimum absolute atomic E-state index is 0.490. The molecule has 5 nitrogen and oxygen atoms in total. The van der Waals surface area contributed by atoms with Crippen LogP contribution in [0.3, 0.4) is 0 Å². The molecule has 116 valence electrons. The number of nitrogens with zero attached hydrogens (tertiary/aromatic N) is 3. The lowest BCUT2D eigenvalue weighted by atomic mass is 9.72. The van der Waals surface area contributed by atoms with E-state index in [4.69, 9.17) is 0 Å². The molecule has 2 fully saturated rings. The molecular formula is C15H23N3O2S. The standard InChI is InChI=1S/C15H23N3O2S/c1-11-6-14(17-10-16-11)7-12-4-3-5-13-8-18(9-15(12)13)21(2,19)20/h6,10,12-13,15H,3-5,7-9H2,1-2H3/t12-,13-,15-/m1/s1. The van der Waals surface area contributed by atoms with Crippen molar-refractivity contribution in [2.45, 2.75) is 32.6 Å². The van der Waals surface area contributed by atoms with Crippen LogP contribution < -0.4 is 0 Å². The SMILES string of the molecule is Cc1cc(C[C@H]2CCC[C@@H]3CN(S(C)(=O)=O)C[C@H]23)ncn1. The molecule has 0 unspecified atom stereocenters. The third kappa shape index (κ3) is 3.26. The highest BCUT2D eigenvalue weighted by molar-refractivity contribution is 7.88. The Hall–Kier alpha value is -1.01. The van der Waals surface area contributed by atoms with Gasteiger partial charge < -0.3 is 0 Å². The minimum Gasteiger partial charge on any atom is -0.242 e. The predicted octanol–water partition coefficient (Wildman–Crippen LogP) is 1.64. The summed E-state index contributed by atoms with van der Waals surface area (Å²) in [5.41, 5.74) is 2.09. The molecule has 2 heterocycles. The Morgan fingerprint density at radius 2 is 2.10 bits per heavy atom. The summed E-state index contributed by atoms with van der Waals surface area (Å²) in [5.74, 6) is 1.56. The van der Waals surface area contributed by atoms with Crippen LogP contribution in [-0.2, 0) is 16.4 Å². The van der Waals surface area contributed by atoms with E-state index in [9.17, 15) is 8.42 Å². The third-order valence-electron chi connectivity index (χ3n) is 5.01. The topological polar surface area (TPSA) is 63.2 Å². The quantitative estimate of drug-likeness (QED) is 0.851. The molecule has 3 atom stereocenters. The summed E-state index contributed by atoms with van der Waals surface area (Å²) in [7, 11) is -3.06. The molecule has 21 heavy (non-hydrogen) atoms. The molecule has 0 bridgehead atoms. The Kier molecular flexibility index (Phi) is 4.01. The maximum absolute atomic E-state index is 11.8. The number of hydrogen-bond donors (Lipinski definition) is 0. The van der Waals surface area contributed by atoms with Gasteiger partial charge in [-0.2, -0.15) is 0 Å². The van der Waals surface area contributed by atoms with E-state index in [2.05, 4.69) is 9.97 Å². The maximum atomic E-state index is 11.8. The Morgan fingerprint density at radius 3 is 2.81 bits per heavy atom. The van der Waals surface area contributed by atoms with Crippen LogP contribution >= 0.6 is 0 Å². The summed E-state index contributed by atoms with van der Waals surface area (Å²) in [6.45, 7) is 3.39. The third-order valence-corrected chi connectivity index (χ3v) is 6.25. The Morgan fingerprint density at radius 1 is 1.29 bits per heavy atom. The predicted molar refractivity (Wildman–Crippen MR) is 81.2 cm³/mol. The highest BCUT2D eigenvalue weighted by Crippen LogP contribution is 2.42. The number of fused-ring (bicyclic) bond motifs is 1. The van der Waals surface area contributed by atoms with Crippen molar-refractivity contribution in [1.82, 2.24) is 14.3 Å². The summed E-state index contributed by atoms with van der Waals surface area (Å²) in [6, 6.07) is 2.05. The van der Waals surface area contributed by atoms with Gasteiger partial charge in [0.1, 0.15) is 6.33 Å². The molecule has 0 N–H and O–H groups in total. The van der Waals surface area contributed by atoms with Gasteiger partial charge in [0.2, 0.25) is 10.0 Å². The molecule has 1 aliphatic carbocycles. The first-order chi connectivity index (χ1) is 9.93. The molecule has 6 heteroatoms. The molecule has 2 aliphatic rings. The Balaban J connectivity index is 1.74. The summed E-state index contributed by atoms with van der Waals surface area (Å²) >= 11 is 0. The summed E-state index contributed by atoms with van der Waals surface area (Å²) in [4.78, 5) is 8.52. The average molecular weight is 309 g/mol. The number of hydrogen-bond acceptors (Lipinski definition) is 4. The van der Waals surface area contributed by atoms with Crippen molar-refractivity contribution in [3.63, 3.8) is 0 Å². The molecule has 1 aromatic rings.